The van der Waals surface area contributed by atoms with Gasteiger partial charge in [0.05, 0.1) is 44.5 Å². The molecule has 2 aliphatic rings. The number of carbonyl (C=O) groups excluding carboxylic acids is 1. The fourth-order valence-electron chi connectivity index (χ4n) is 5.34. The van der Waals surface area contributed by atoms with Crippen molar-refractivity contribution < 1.29 is 28.1 Å². The molecule has 1 aromatic carbocycles. The number of fused-ring (bicyclic) bond motifs is 3. The van der Waals surface area contributed by atoms with E-state index in [1.54, 1.807) is 22.7 Å². The fourth-order valence-corrected chi connectivity index (χ4v) is 7.77. The van der Waals surface area contributed by atoms with E-state index < -0.39 is 36.6 Å². The number of unbranched alkanes of at least 4 members (excludes halogenated alkanes) is 3. The lowest BCUT2D eigenvalue weighted by molar-refractivity contribution is 0.00578. The summed E-state index contributed by atoms with van der Waals surface area (Å²) in [6.07, 6.45) is 5.26. The summed E-state index contributed by atoms with van der Waals surface area (Å²) in [6, 6.07) is 4.26. The summed E-state index contributed by atoms with van der Waals surface area (Å²) < 4.78 is 35.2. The standard InChI is InChI=1S/C30H42B2O6S2/c1-11-12-13-14-15-18-19-16-21(31-35-27(2,3)28(4,5)36-31)39-24(19)25-20(23(18)26(33)34-10)17-22(40-25)32-37-29(6,7)30(8,9)38-32/h16-17H,11-15H2,1-10H3. The lowest BCUT2D eigenvalue weighted by atomic mass is 9.85. The molecule has 10 heteroatoms. The summed E-state index contributed by atoms with van der Waals surface area (Å²) in [7, 11) is 0.498. The number of esters is 1. The van der Waals surface area contributed by atoms with Gasteiger partial charge in [-0.1, -0.05) is 26.2 Å². The van der Waals surface area contributed by atoms with Gasteiger partial charge >= 0.3 is 20.2 Å². The Hall–Kier alpha value is -1.42. The summed E-state index contributed by atoms with van der Waals surface area (Å²) in [4.78, 5) is 13.4. The average molecular weight is 584 g/mol. The topological polar surface area (TPSA) is 63.2 Å². The average Bonchev–Trinajstić information content (AvgIpc) is 3.58. The van der Waals surface area contributed by atoms with E-state index in [1.165, 1.54) is 13.5 Å². The molecule has 6 nitrogen and oxygen atoms in total. The third-order valence-corrected chi connectivity index (χ3v) is 11.7. The molecular weight excluding hydrogens is 542 g/mol. The van der Waals surface area contributed by atoms with Crippen molar-refractivity contribution in [2.75, 3.05) is 7.11 Å². The van der Waals surface area contributed by atoms with Gasteiger partial charge in [-0.3, -0.25) is 0 Å². The molecule has 0 unspecified atom stereocenters. The van der Waals surface area contributed by atoms with Crippen molar-refractivity contribution in [1.29, 1.82) is 0 Å². The molecule has 0 atom stereocenters. The van der Waals surface area contributed by atoms with E-state index in [-0.39, 0.29) is 5.97 Å². The molecule has 2 aliphatic heterocycles. The van der Waals surface area contributed by atoms with Gasteiger partial charge in [-0.15, -0.1) is 22.7 Å². The first-order chi connectivity index (χ1) is 18.6. The van der Waals surface area contributed by atoms with Crippen LogP contribution < -0.4 is 9.55 Å². The number of thiophene rings is 2. The van der Waals surface area contributed by atoms with Crippen LogP contribution in [0.4, 0.5) is 0 Å². The molecule has 0 aliphatic carbocycles. The van der Waals surface area contributed by atoms with Crippen LogP contribution in [0.2, 0.25) is 0 Å². The van der Waals surface area contributed by atoms with Crippen LogP contribution in [0, 0.1) is 0 Å². The number of aryl methyl sites for hydroxylation is 1. The summed E-state index contributed by atoms with van der Waals surface area (Å²) >= 11 is 3.33. The molecule has 2 fully saturated rings. The predicted octanol–water partition coefficient (Wildman–Crippen LogP) is 6.62. The third-order valence-electron chi connectivity index (χ3n) is 9.25. The Kier molecular flexibility index (Phi) is 7.80. The molecule has 3 aromatic rings. The summed E-state index contributed by atoms with van der Waals surface area (Å²) in [5.41, 5.74) is -0.0783. The molecule has 0 bridgehead atoms. The molecular formula is C30H42B2O6S2. The number of methoxy groups -OCH3 is 1. The van der Waals surface area contributed by atoms with Crippen LogP contribution in [-0.4, -0.2) is 49.7 Å². The zero-order valence-corrected chi connectivity index (χ0v) is 27.2. The Morgan fingerprint density at radius 3 is 1.65 bits per heavy atom. The van der Waals surface area contributed by atoms with Gasteiger partial charge in [0.1, 0.15) is 0 Å². The zero-order valence-electron chi connectivity index (χ0n) is 25.6. The normalized spacial score (nSPS) is 21.1. The van der Waals surface area contributed by atoms with Gasteiger partial charge in [-0.25, -0.2) is 4.79 Å². The number of carbonyl (C=O) groups is 1. The van der Waals surface area contributed by atoms with E-state index in [1.807, 2.05) is 0 Å². The lowest BCUT2D eigenvalue weighted by Gasteiger charge is -2.32. The van der Waals surface area contributed by atoms with Crippen LogP contribution in [0.3, 0.4) is 0 Å². The van der Waals surface area contributed by atoms with E-state index in [0.717, 1.165) is 61.0 Å². The number of benzene rings is 1. The SMILES string of the molecule is CCCCCCc1c(C(=O)OC)c2cc(B3OC(C)(C)C(C)(C)O3)sc2c2sc(B3OC(C)(C)C(C)(C)O3)cc12. The molecule has 216 valence electrons. The van der Waals surface area contributed by atoms with Crippen LogP contribution in [0.1, 0.15) is 104 Å². The van der Waals surface area contributed by atoms with Crippen molar-refractivity contribution >= 4 is 72.6 Å². The van der Waals surface area contributed by atoms with Gasteiger partial charge in [0.25, 0.3) is 0 Å². The molecule has 40 heavy (non-hydrogen) atoms. The van der Waals surface area contributed by atoms with Crippen molar-refractivity contribution in [3.05, 3.63) is 23.3 Å². The maximum absolute atomic E-state index is 13.4. The number of hydrogen-bond acceptors (Lipinski definition) is 8. The van der Waals surface area contributed by atoms with Crippen LogP contribution in [0.25, 0.3) is 20.2 Å². The second-order valence-corrected chi connectivity index (χ2v) is 15.3. The first kappa shape index (κ1) is 30.1. The molecule has 0 N–H and O–H groups in total. The third kappa shape index (κ3) is 4.96. The Labute approximate surface area is 247 Å². The number of rotatable bonds is 8. The van der Waals surface area contributed by atoms with Gasteiger partial charge in [0.2, 0.25) is 0 Å². The van der Waals surface area contributed by atoms with Gasteiger partial charge in [0.15, 0.2) is 0 Å². The Morgan fingerprint density at radius 1 is 0.750 bits per heavy atom. The van der Waals surface area contributed by atoms with Gasteiger partial charge < -0.3 is 23.4 Å². The minimum Gasteiger partial charge on any atom is -0.465 e. The van der Waals surface area contributed by atoms with Crippen LogP contribution in [-0.2, 0) is 29.8 Å². The second-order valence-electron chi connectivity index (χ2n) is 13.1. The maximum Gasteiger partial charge on any atom is 0.505 e. The van der Waals surface area contributed by atoms with E-state index in [0.29, 0.717) is 5.56 Å². The Balaban J connectivity index is 1.70. The smallest absolute Gasteiger partial charge is 0.465 e. The molecule has 0 saturated carbocycles. The number of ether oxygens (including phenoxy) is 1. The number of hydrogen-bond donors (Lipinski definition) is 0. The highest BCUT2D eigenvalue weighted by Gasteiger charge is 2.53. The van der Waals surface area contributed by atoms with Gasteiger partial charge in [-0.05, 0) is 91.3 Å². The quantitative estimate of drug-likeness (QED) is 0.169. The Bertz CT molecular complexity index is 1410. The maximum atomic E-state index is 13.4. The molecule has 2 aromatic heterocycles. The van der Waals surface area contributed by atoms with E-state index in [4.69, 9.17) is 23.4 Å². The predicted molar refractivity (Wildman–Crippen MR) is 168 cm³/mol. The molecule has 2 saturated heterocycles. The van der Waals surface area contributed by atoms with E-state index >= 15 is 0 Å². The monoisotopic (exact) mass is 584 g/mol. The minimum atomic E-state index is -0.501. The van der Waals surface area contributed by atoms with Gasteiger partial charge in [-0.2, -0.15) is 0 Å². The zero-order chi connectivity index (χ0) is 29.3. The van der Waals surface area contributed by atoms with Crippen molar-refractivity contribution in [3.8, 4) is 0 Å². The molecule has 0 amide bonds. The highest BCUT2D eigenvalue weighted by Crippen LogP contribution is 2.43. The van der Waals surface area contributed by atoms with Crippen LogP contribution in [0.15, 0.2) is 12.1 Å². The Morgan fingerprint density at radius 2 is 1.20 bits per heavy atom. The largest absolute Gasteiger partial charge is 0.505 e. The lowest BCUT2D eigenvalue weighted by Crippen LogP contribution is -2.41. The van der Waals surface area contributed by atoms with Crippen molar-refractivity contribution in [3.63, 3.8) is 0 Å². The first-order valence-corrected chi connectivity index (χ1v) is 16.1. The van der Waals surface area contributed by atoms with Crippen molar-refractivity contribution in [1.82, 2.24) is 0 Å². The molecule has 0 spiro atoms. The fraction of sp³-hybridized carbons (Fsp3) is 0.633. The summed E-state index contributed by atoms with van der Waals surface area (Å²) in [6.45, 7) is 18.7. The molecule has 4 heterocycles. The molecule has 5 rings (SSSR count). The van der Waals surface area contributed by atoms with Crippen LogP contribution >= 0.6 is 22.7 Å². The van der Waals surface area contributed by atoms with Crippen LogP contribution in [0.5, 0.6) is 0 Å². The summed E-state index contributed by atoms with van der Waals surface area (Å²) in [5, 5.41) is 1.99. The highest BCUT2D eigenvalue weighted by molar-refractivity contribution is 7.35. The van der Waals surface area contributed by atoms with E-state index in [2.05, 4.69) is 74.4 Å². The summed E-state index contributed by atoms with van der Waals surface area (Å²) in [5.74, 6) is -0.306. The van der Waals surface area contributed by atoms with Crippen molar-refractivity contribution in [2.24, 2.45) is 0 Å². The highest BCUT2D eigenvalue weighted by atomic mass is 32.1. The van der Waals surface area contributed by atoms with Gasteiger partial charge in [0, 0.05) is 14.9 Å². The molecule has 0 radical (unpaired) electrons. The minimum absolute atomic E-state index is 0.306. The van der Waals surface area contributed by atoms with E-state index in [9.17, 15) is 4.79 Å². The second kappa shape index (κ2) is 10.4. The van der Waals surface area contributed by atoms with Crippen molar-refractivity contribution in [2.45, 2.75) is 117 Å². The first-order valence-electron chi connectivity index (χ1n) is 14.4.